The zero-order valence-electron chi connectivity index (χ0n) is 15.2. The summed E-state index contributed by atoms with van der Waals surface area (Å²) < 4.78 is 0. The van der Waals surface area contributed by atoms with Gasteiger partial charge in [0.15, 0.2) is 0 Å². The molecule has 132 valence electrons. The number of amides is 1. The molecule has 2 heterocycles. The summed E-state index contributed by atoms with van der Waals surface area (Å²) in [5.74, 6) is 0.0612. The molecular weight excluding hydrogens is 310 g/mol. The highest BCUT2D eigenvalue weighted by Crippen LogP contribution is 2.22. The molecule has 1 aromatic carbocycles. The second kappa shape index (κ2) is 8.15. The maximum absolute atomic E-state index is 12.9. The van der Waals surface area contributed by atoms with E-state index in [1.54, 1.807) is 6.20 Å². The summed E-state index contributed by atoms with van der Waals surface area (Å²) in [4.78, 5) is 19.2. The number of hydrogen-bond acceptors (Lipinski definition) is 3. The van der Waals surface area contributed by atoms with Crippen molar-refractivity contribution in [2.24, 2.45) is 0 Å². The van der Waals surface area contributed by atoms with Crippen LogP contribution in [0.4, 0.5) is 5.69 Å². The highest BCUT2D eigenvalue weighted by Gasteiger charge is 2.26. The van der Waals surface area contributed by atoms with Crippen molar-refractivity contribution in [1.82, 2.24) is 9.88 Å². The van der Waals surface area contributed by atoms with Gasteiger partial charge in [-0.15, -0.1) is 0 Å². The van der Waals surface area contributed by atoms with E-state index < -0.39 is 0 Å². The molecule has 1 aliphatic heterocycles. The number of carbonyl (C=O) groups is 1. The molecule has 4 nitrogen and oxygen atoms in total. The minimum atomic E-state index is 0.0612. The fourth-order valence-electron chi connectivity index (χ4n) is 3.50. The van der Waals surface area contributed by atoms with Crippen LogP contribution < -0.4 is 5.32 Å². The Morgan fingerprint density at radius 3 is 2.92 bits per heavy atom. The van der Waals surface area contributed by atoms with Gasteiger partial charge in [0.1, 0.15) is 5.69 Å². The molecule has 1 unspecified atom stereocenters. The van der Waals surface area contributed by atoms with Crippen LogP contribution in [0.1, 0.15) is 54.2 Å². The standard InChI is InChI=1S/C21H27N3O/c1-3-19-10-6-7-13-24(19)21(25)20-14-18(11-12-22-20)23-15-17-9-5-4-8-16(17)2/h4-5,8-9,11-12,14,19H,3,6-7,10,13,15H2,1-2H3,(H,22,23). The minimum absolute atomic E-state index is 0.0612. The number of pyridine rings is 1. The summed E-state index contributed by atoms with van der Waals surface area (Å²) >= 11 is 0. The number of hydrogen-bond donors (Lipinski definition) is 1. The molecular formula is C21H27N3O. The van der Waals surface area contributed by atoms with Crippen LogP contribution in [0.25, 0.3) is 0 Å². The van der Waals surface area contributed by atoms with Crippen LogP contribution in [0.5, 0.6) is 0 Å². The molecule has 1 atom stereocenters. The van der Waals surface area contributed by atoms with Gasteiger partial charge in [-0.1, -0.05) is 31.2 Å². The summed E-state index contributed by atoms with van der Waals surface area (Å²) in [7, 11) is 0. The number of anilines is 1. The van der Waals surface area contributed by atoms with Crippen molar-refractivity contribution in [2.45, 2.75) is 52.1 Å². The highest BCUT2D eigenvalue weighted by molar-refractivity contribution is 5.93. The molecule has 1 fully saturated rings. The van der Waals surface area contributed by atoms with Crippen molar-refractivity contribution in [3.63, 3.8) is 0 Å². The van der Waals surface area contributed by atoms with Crippen molar-refractivity contribution in [3.05, 3.63) is 59.4 Å². The second-order valence-electron chi connectivity index (χ2n) is 6.77. The van der Waals surface area contributed by atoms with E-state index in [0.717, 1.165) is 38.0 Å². The van der Waals surface area contributed by atoms with Crippen LogP contribution in [0, 0.1) is 6.92 Å². The lowest BCUT2D eigenvalue weighted by Gasteiger charge is -2.35. The Balaban J connectivity index is 1.70. The predicted molar refractivity (Wildman–Crippen MR) is 102 cm³/mol. The first-order chi connectivity index (χ1) is 12.2. The van der Waals surface area contributed by atoms with Crippen molar-refractivity contribution >= 4 is 11.6 Å². The Hall–Kier alpha value is -2.36. The molecule has 0 saturated carbocycles. The van der Waals surface area contributed by atoms with Gasteiger partial charge in [0, 0.05) is 31.0 Å². The fourth-order valence-corrected chi connectivity index (χ4v) is 3.50. The molecule has 1 amide bonds. The molecule has 1 saturated heterocycles. The van der Waals surface area contributed by atoms with Gasteiger partial charge < -0.3 is 10.2 Å². The lowest BCUT2D eigenvalue weighted by molar-refractivity contribution is 0.0602. The Morgan fingerprint density at radius 1 is 1.28 bits per heavy atom. The van der Waals surface area contributed by atoms with Crippen LogP contribution in [0.3, 0.4) is 0 Å². The summed E-state index contributed by atoms with van der Waals surface area (Å²) in [6.45, 7) is 5.86. The molecule has 0 bridgehead atoms. The maximum atomic E-state index is 12.9. The Bertz CT molecular complexity index is 729. The van der Waals surface area contributed by atoms with Crippen LogP contribution in [0.2, 0.25) is 0 Å². The van der Waals surface area contributed by atoms with Crippen LogP contribution in [0.15, 0.2) is 42.6 Å². The van der Waals surface area contributed by atoms with Gasteiger partial charge in [0.25, 0.3) is 5.91 Å². The van der Waals surface area contributed by atoms with E-state index in [-0.39, 0.29) is 5.91 Å². The van der Waals surface area contributed by atoms with E-state index >= 15 is 0 Å². The third-order valence-corrected chi connectivity index (χ3v) is 5.08. The summed E-state index contributed by atoms with van der Waals surface area (Å²) in [5.41, 5.74) is 4.00. The van der Waals surface area contributed by atoms with Crippen molar-refractivity contribution < 1.29 is 4.79 Å². The number of likely N-dealkylation sites (tertiary alicyclic amines) is 1. The second-order valence-corrected chi connectivity index (χ2v) is 6.77. The van der Waals surface area contributed by atoms with Gasteiger partial charge in [0.05, 0.1) is 0 Å². The topological polar surface area (TPSA) is 45.2 Å². The molecule has 1 aliphatic rings. The van der Waals surface area contributed by atoms with E-state index in [4.69, 9.17) is 0 Å². The van der Waals surface area contributed by atoms with Gasteiger partial charge in [-0.05, 0) is 55.9 Å². The van der Waals surface area contributed by atoms with Gasteiger partial charge in [-0.25, -0.2) is 0 Å². The quantitative estimate of drug-likeness (QED) is 0.879. The maximum Gasteiger partial charge on any atom is 0.272 e. The molecule has 1 N–H and O–H groups in total. The molecule has 0 radical (unpaired) electrons. The van der Waals surface area contributed by atoms with Crippen LogP contribution in [-0.2, 0) is 6.54 Å². The highest BCUT2D eigenvalue weighted by atomic mass is 16.2. The SMILES string of the molecule is CCC1CCCCN1C(=O)c1cc(NCc2ccccc2C)ccn1. The van der Waals surface area contributed by atoms with Gasteiger partial charge >= 0.3 is 0 Å². The van der Waals surface area contributed by atoms with Gasteiger partial charge in [-0.2, -0.15) is 0 Å². The number of piperidine rings is 1. The lowest BCUT2D eigenvalue weighted by Crippen LogP contribution is -2.43. The van der Waals surface area contributed by atoms with Crippen molar-refractivity contribution in [2.75, 3.05) is 11.9 Å². The first kappa shape index (κ1) is 17.5. The zero-order chi connectivity index (χ0) is 17.6. The largest absolute Gasteiger partial charge is 0.381 e. The van der Waals surface area contributed by atoms with Crippen LogP contribution in [-0.4, -0.2) is 28.4 Å². The lowest BCUT2D eigenvalue weighted by atomic mass is 9.99. The molecule has 2 aromatic rings. The van der Waals surface area contributed by atoms with E-state index in [0.29, 0.717) is 11.7 Å². The average Bonchev–Trinajstić information content (AvgIpc) is 2.67. The number of nitrogens with one attached hydrogen (secondary N) is 1. The Labute approximate surface area is 150 Å². The first-order valence-electron chi connectivity index (χ1n) is 9.24. The smallest absolute Gasteiger partial charge is 0.272 e. The minimum Gasteiger partial charge on any atom is -0.381 e. The summed E-state index contributed by atoms with van der Waals surface area (Å²) in [6.07, 6.45) is 6.14. The monoisotopic (exact) mass is 337 g/mol. The molecule has 0 aliphatic carbocycles. The first-order valence-corrected chi connectivity index (χ1v) is 9.24. The number of carbonyl (C=O) groups excluding carboxylic acids is 1. The molecule has 0 spiro atoms. The van der Waals surface area contributed by atoms with Gasteiger partial charge in [-0.3, -0.25) is 9.78 Å². The number of rotatable bonds is 5. The Kier molecular flexibility index (Phi) is 5.69. The number of aryl methyl sites for hydroxylation is 1. The van der Waals surface area contributed by atoms with Crippen molar-refractivity contribution in [3.8, 4) is 0 Å². The summed E-state index contributed by atoms with van der Waals surface area (Å²) in [6, 6.07) is 12.5. The van der Waals surface area contributed by atoms with Crippen LogP contribution >= 0.6 is 0 Å². The fraction of sp³-hybridized carbons (Fsp3) is 0.429. The van der Waals surface area contributed by atoms with E-state index in [1.807, 2.05) is 29.2 Å². The average molecular weight is 337 g/mol. The molecule has 1 aromatic heterocycles. The zero-order valence-corrected chi connectivity index (χ0v) is 15.2. The number of nitrogens with zero attached hydrogens (tertiary/aromatic N) is 2. The number of aromatic nitrogens is 1. The molecule has 3 rings (SSSR count). The van der Waals surface area contributed by atoms with Crippen molar-refractivity contribution in [1.29, 1.82) is 0 Å². The third-order valence-electron chi connectivity index (χ3n) is 5.08. The number of benzene rings is 1. The predicted octanol–water partition coefficient (Wildman–Crippen LogP) is 4.41. The Morgan fingerprint density at radius 2 is 2.12 bits per heavy atom. The van der Waals surface area contributed by atoms with E-state index in [1.165, 1.54) is 17.5 Å². The molecule has 4 heteroatoms. The van der Waals surface area contributed by atoms with Gasteiger partial charge in [0.2, 0.25) is 0 Å². The normalized spacial score (nSPS) is 17.4. The molecule has 25 heavy (non-hydrogen) atoms. The third kappa shape index (κ3) is 4.19. The van der Waals surface area contributed by atoms with E-state index in [9.17, 15) is 4.79 Å². The van der Waals surface area contributed by atoms with E-state index in [2.05, 4.69) is 36.3 Å². The summed E-state index contributed by atoms with van der Waals surface area (Å²) in [5, 5.41) is 3.41.